The molecule has 0 saturated carbocycles. The summed E-state index contributed by atoms with van der Waals surface area (Å²) in [6, 6.07) is 19.0. The Morgan fingerprint density at radius 3 is 2.23 bits per heavy atom. The van der Waals surface area contributed by atoms with Crippen molar-refractivity contribution in [3.63, 3.8) is 0 Å². The topological polar surface area (TPSA) is 55.4 Å². The Morgan fingerprint density at radius 2 is 1.58 bits per heavy atom. The van der Waals surface area contributed by atoms with E-state index < -0.39 is 16.1 Å². The molecule has 0 unspecified atom stereocenters. The summed E-state index contributed by atoms with van der Waals surface area (Å²) in [7, 11) is -2.30. The summed E-state index contributed by atoms with van der Waals surface area (Å²) in [5.41, 5.74) is 6.33. The van der Waals surface area contributed by atoms with Gasteiger partial charge in [-0.05, 0) is 79.5 Å². The molecule has 0 spiro atoms. The minimum atomic E-state index is -3.83. The molecule has 4 nitrogen and oxygen atoms in total. The molecule has 0 aromatic heterocycles. The fraction of sp³-hybridized carbons (Fsp3) is 0.308. The minimum absolute atomic E-state index is 0.210. The second kappa shape index (κ2) is 8.85. The van der Waals surface area contributed by atoms with Gasteiger partial charge in [0.2, 0.25) is 10.0 Å². The van der Waals surface area contributed by atoms with Gasteiger partial charge in [-0.2, -0.15) is 4.72 Å². The molecule has 4 rings (SSSR count). The van der Waals surface area contributed by atoms with E-state index in [0.29, 0.717) is 5.75 Å². The van der Waals surface area contributed by atoms with Crippen LogP contribution in [0.2, 0.25) is 0 Å². The van der Waals surface area contributed by atoms with Crippen LogP contribution in [0.25, 0.3) is 0 Å². The Labute approximate surface area is 185 Å². The van der Waals surface area contributed by atoms with E-state index in [0.717, 1.165) is 53.5 Å². The van der Waals surface area contributed by atoms with Gasteiger partial charge in [0.1, 0.15) is 10.6 Å². The van der Waals surface area contributed by atoms with Gasteiger partial charge in [0.15, 0.2) is 0 Å². The second-order valence-corrected chi connectivity index (χ2v) is 9.99. The predicted molar refractivity (Wildman–Crippen MR) is 124 cm³/mol. The molecule has 1 aliphatic rings. The van der Waals surface area contributed by atoms with Gasteiger partial charge in [-0.1, -0.05) is 54.1 Å². The number of methoxy groups -OCH3 is 1. The zero-order valence-electron chi connectivity index (χ0n) is 18.3. The Hall–Kier alpha value is -2.63. The van der Waals surface area contributed by atoms with Crippen molar-refractivity contribution < 1.29 is 13.2 Å². The molecule has 162 valence electrons. The fourth-order valence-electron chi connectivity index (χ4n) is 4.43. The van der Waals surface area contributed by atoms with Crippen LogP contribution in [0.15, 0.2) is 65.6 Å². The van der Waals surface area contributed by atoms with Gasteiger partial charge < -0.3 is 4.74 Å². The predicted octanol–water partition coefficient (Wildman–Crippen LogP) is 5.26. The summed E-state index contributed by atoms with van der Waals surface area (Å²) in [5, 5.41) is 0. The highest BCUT2D eigenvalue weighted by Gasteiger charge is 2.28. The molecule has 0 saturated heterocycles. The molecule has 0 amide bonds. The average molecular weight is 436 g/mol. The van der Waals surface area contributed by atoms with E-state index in [1.165, 1.54) is 12.7 Å². The van der Waals surface area contributed by atoms with Crippen molar-refractivity contribution in [3.05, 3.63) is 94.0 Å². The molecule has 5 heteroatoms. The van der Waals surface area contributed by atoms with Crippen molar-refractivity contribution in [1.82, 2.24) is 4.72 Å². The summed E-state index contributed by atoms with van der Waals surface area (Å²) in [4.78, 5) is 0.210. The van der Waals surface area contributed by atoms with Crippen LogP contribution in [0.1, 0.15) is 52.3 Å². The highest BCUT2D eigenvalue weighted by molar-refractivity contribution is 7.89. The average Bonchev–Trinajstić information content (AvgIpc) is 2.77. The van der Waals surface area contributed by atoms with Gasteiger partial charge in [0.25, 0.3) is 0 Å². The third-order valence-corrected chi connectivity index (χ3v) is 7.50. The van der Waals surface area contributed by atoms with E-state index in [9.17, 15) is 8.42 Å². The number of aryl methyl sites for hydroxylation is 4. The van der Waals surface area contributed by atoms with Gasteiger partial charge >= 0.3 is 0 Å². The quantitative estimate of drug-likeness (QED) is 0.575. The van der Waals surface area contributed by atoms with Crippen LogP contribution in [0.3, 0.4) is 0 Å². The summed E-state index contributed by atoms with van der Waals surface area (Å²) >= 11 is 0. The van der Waals surface area contributed by atoms with Crippen LogP contribution < -0.4 is 9.46 Å². The van der Waals surface area contributed by atoms with Crippen LogP contribution in [0.4, 0.5) is 0 Å². The smallest absolute Gasteiger partial charge is 0.245 e. The third kappa shape index (κ3) is 4.53. The van der Waals surface area contributed by atoms with Gasteiger partial charge in [0, 0.05) is 0 Å². The summed E-state index contributed by atoms with van der Waals surface area (Å²) in [5.74, 6) is 0.403. The molecule has 1 aliphatic carbocycles. The zero-order chi connectivity index (χ0) is 22.0. The summed E-state index contributed by atoms with van der Waals surface area (Å²) in [6.07, 6.45) is 4.08. The Morgan fingerprint density at radius 1 is 0.903 bits per heavy atom. The van der Waals surface area contributed by atoms with Crippen molar-refractivity contribution in [2.24, 2.45) is 0 Å². The molecular formula is C26H29NO3S. The lowest BCUT2D eigenvalue weighted by molar-refractivity contribution is 0.400. The number of rotatable bonds is 6. The van der Waals surface area contributed by atoms with Crippen LogP contribution in [-0.4, -0.2) is 15.5 Å². The van der Waals surface area contributed by atoms with Crippen molar-refractivity contribution in [2.75, 3.05) is 7.11 Å². The summed E-state index contributed by atoms with van der Waals surface area (Å²) in [6.45, 7) is 4.06. The number of hydrogen-bond acceptors (Lipinski definition) is 3. The first-order valence-electron chi connectivity index (χ1n) is 10.7. The molecule has 0 bridgehead atoms. The lowest BCUT2D eigenvalue weighted by Gasteiger charge is -2.24. The van der Waals surface area contributed by atoms with Crippen molar-refractivity contribution in [2.45, 2.75) is 50.5 Å². The molecule has 31 heavy (non-hydrogen) atoms. The molecule has 0 heterocycles. The SMILES string of the molecule is COc1cc2c(cc1S(=O)(=O)N[C@@H](c1ccccc1)c1ccc(C)cc1C)CCCC2. The Balaban J connectivity index is 1.79. The second-order valence-electron chi connectivity index (χ2n) is 8.30. The molecule has 1 atom stereocenters. The Bertz CT molecular complexity index is 1190. The number of sulfonamides is 1. The normalized spacial score (nSPS) is 14.7. The first-order chi connectivity index (χ1) is 14.9. The molecule has 0 radical (unpaired) electrons. The molecule has 0 aliphatic heterocycles. The zero-order valence-corrected chi connectivity index (χ0v) is 19.1. The first-order valence-corrected chi connectivity index (χ1v) is 12.2. The standard InChI is InChI=1S/C26H29NO3S/c1-18-13-14-23(19(2)15-18)26(20-9-5-4-6-10-20)27-31(28,29)25-17-22-12-8-7-11-21(22)16-24(25)30-3/h4-6,9-10,13-17,26-27H,7-8,11-12H2,1-3H3/t26-/m0/s1. The minimum Gasteiger partial charge on any atom is -0.495 e. The van der Waals surface area contributed by atoms with E-state index in [2.05, 4.69) is 10.8 Å². The fourth-order valence-corrected chi connectivity index (χ4v) is 5.84. The highest BCUT2D eigenvalue weighted by atomic mass is 32.2. The van der Waals surface area contributed by atoms with Crippen molar-refractivity contribution >= 4 is 10.0 Å². The van der Waals surface area contributed by atoms with Crippen LogP contribution in [0.5, 0.6) is 5.75 Å². The van der Waals surface area contributed by atoms with Gasteiger partial charge in [0.05, 0.1) is 13.2 Å². The van der Waals surface area contributed by atoms with E-state index in [4.69, 9.17) is 4.74 Å². The van der Waals surface area contributed by atoms with E-state index in [1.54, 1.807) is 6.07 Å². The number of benzene rings is 3. The first kappa shape index (κ1) is 21.6. The maximum atomic E-state index is 13.6. The van der Waals surface area contributed by atoms with Gasteiger partial charge in [-0.15, -0.1) is 0 Å². The lowest BCUT2D eigenvalue weighted by Crippen LogP contribution is -2.30. The lowest BCUT2D eigenvalue weighted by atomic mass is 9.92. The Kier molecular flexibility index (Phi) is 6.17. The number of hydrogen-bond donors (Lipinski definition) is 1. The molecule has 3 aromatic rings. The number of fused-ring (bicyclic) bond motifs is 1. The van der Waals surface area contributed by atoms with Gasteiger partial charge in [-0.25, -0.2) is 8.42 Å². The van der Waals surface area contributed by atoms with Crippen molar-refractivity contribution in [3.8, 4) is 5.75 Å². The summed E-state index contributed by atoms with van der Waals surface area (Å²) < 4.78 is 35.8. The van der Waals surface area contributed by atoms with E-state index >= 15 is 0 Å². The van der Waals surface area contributed by atoms with E-state index in [1.807, 2.05) is 62.4 Å². The third-order valence-electron chi connectivity index (χ3n) is 6.06. The van der Waals surface area contributed by atoms with E-state index in [-0.39, 0.29) is 4.90 Å². The maximum absolute atomic E-state index is 13.6. The number of ether oxygens (including phenoxy) is 1. The molecule has 1 N–H and O–H groups in total. The van der Waals surface area contributed by atoms with Crippen LogP contribution >= 0.6 is 0 Å². The monoisotopic (exact) mass is 435 g/mol. The highest BCUT2D eigenvalue weighted by Crippen LogP contribution is 2.34. The molecule has 0 fully saturated rings. The largest absolute Gasteiger partial charge is 0.495 e. The number of nitrogens with one attached hydrogen (secondary N) is 1. The molecule has 3 aromatic carbocycles. The van der Waals surface area contributed by atoms with Gasteiger partial charge in [-0.3, -0.25) is 0 Å². The van der Waals surface area contributed by atoms with Crippen molar-refractivity contribution in [1.29, 1.82) is 0 Å². The van der Waals surface area contributed by atoms with Crippen LogP contribution in [-0.2, 0) is 22.9 Å². The molecular weight excluding hydrogens is 406 g/mol. The van der Waals surface area contributed by atoms with Crippen LogP contribution in [0, 0.1) is 13.8 Å². The maximum Gasteiger partial charge on any atom is 0.245 e.